The van der Waals surface area contributed by atoms with E-state index in [1.807, 2.05) is 0 Å². The van der Waals surface area contributed by atoms with Crippen molar-refractivity contribution in [1.82, 2.24) is 10.2 Å². The first-order valence-corrected chi connectivity index (χ1v) is 7.49. The van der Waals surface area contributed by atoms with E-state index >= 15 is 0 Å². The van der Waals surface area contributed by atoms with Crippen molar-refractivity contribution in [2.24, 2.45) is 5.73 Å². The highest BCUT2D eigenvalue weighted by molar-refractivity contribution is 5.72. The van der Waals surface area contributed by atoms with Gasteiger partial charge in [0.05, 0.1) is 0 Å². The number of primary amides is 1. The van der Waals surface area contributed by atoms with Crippen LogP contribution in [0.1, 0.15) is 43.9 Å². The predicted molar refractivity (Wildman–Crippen MR) is 81.5 cm³/mol. The van der Waals surface area contributed by atoms with E-state index in [0.29, 0.717) is 12.1 Å². The van der Waals surface area contributed by atoms with Gasteiger partial charge in [-0.25, -0.2) is 4.79 Å². The zero-order valence-electron chi connectivity index (χ0n) is 12.4. The maximum atomic E-state index is 11.1. The third-order valence-electron chi connectivity index (χ3n) is 4.18. The largest absolute Gasteiger partial charge is 0.351 e. The average Bonchev–Trinajstić information content (AvgIpc) is 2.48. The molecule has 0 aromatic heterocycles. The van der Waals surface area contributed by atoms with Crippen LogP contribution >= 0.6 is 0 Å². The second kappa shape index (κ2) is 6.75. The number of carbonyl (C=O) groups excluding carboxylic acids is 1. The summed E-state index contributed by atoms with van der Waals surface area (Å²) < 4.78 is 0. The molecular weight excluding hydrogens is 250 g/mol. The van der Waals surface area contributed by atoms with E-state index in [-0.39, 0.29) is 6.03 Å². The number of hydrogen-bond acceptors (Lipinski definition) is 2. The van der Waals surface area contributed by atoms with E-state index in [0.717, 1.165) is 32.4 Å². The van der Waals surface area contributed by atoms with Gasteiger partial charge in [0.25, 0.3) is 0 Å². The topological polar surface area (TPSA) is 58.4 Å². The van der Waals surface area contributed by atoms with Crippen molar-refractivity contribution in [2.75, 3.05) is 13.1 Å². The second-order valence-corrected chi connectivity index (χ2v) is 5.58. The van der Waals surface area contributed by atoms with Gasteiger partial charge in [0.1, 0.15) is 0 Å². The lowest BCUT2D eigenvalue weighted by atomic mass is 10.0. The highest BCUT2D eigenvalue weighted by Crippen LogP contribution is 2.18. The van der Waals surface area contributed by atoms with Crippen molar-refractivity contribution < 1.29 is 4.79 Å². The molecule has 0 bridgehead atoms. The Hall–Kier alpha value is -1.55. The number of rotatable bonds is 4. The first kappa shape index (κ1) is 14.9. The van der Waals surface area contributed by atoms with Crippen LogP contribution in [0.4, 0.5) is 4.79 Å². The molecule has 1 atom stereocenters. The van der Waals surface area contributed by atoms with Gasteiger partial charge >= 0.3 is 6.03 Å². The van der Waals surface area contributed by atoms with Crippen molar-refractivity contribution in [1.29, 1.82) is 0 Å². The summed E-state index contributed by atoms with van der Waals surface area (Å²) in [4.78, 5) is 12.8. The number of urea groups is 1. The van der Waals surface area contributed by atoms with Crippen molar-refractivity contribution in [3.63, 3.8) is 0 Å². The normalized spacial score (nSPS) is 18.0. The van der Waals surface area contributed by atoms with Crippen LogP contribution in [0, 0.1) is 0 Å². The van der Waals surface area contributed by atoms with Crippen LogP contribution in [-0.4, -0.2) is 30.1 Å². The molecule has 1 saturated heterocycles. The lowest BCUT2D eigenvalue weighted by Gasteiger charge is -2.33. The first-order chi connectivity index (χ1) is 9.60. The van der Waals surface area contributed by atoms with Gasteiger partial charge in [-0.15, -0.1) is 0 Å². The summed E-state index contributed by atoms with van der Waals surface area (Å²) in [6.45, 7) is 5.88. The summed E-state index contributed by atoms with van der Waals surface area (Å²) in [5.41, 5.74) is 7.99. The van der Waals surface area contributed by atoms with Crippen molar-refractivity contribution in [2.45, 2.75) is 45.2 Å². The summed E-state index contributed by atoms with van der Waals surface area (Å²) in [5.74, 6) is 0. The highest BCUT2D eigenvalue weighted by atomic mass is 16.2. The van der Waals surface area contributed by atoms with Crippen LogP contribution in [0.2, 0.25) is 0 Å². The molecule has 20 heavy (non-hydrogen) atoms. The fourth-order valence-electron chi connectivity index (χ4n) is 2.76. The minimum absolute atomic E-state index is 0.299. The van der Waals surface area contributed by atoms with Crippen LogP contribution in [0.15, 0.2) is 24.3 Å². The van der Waals surface area contributed by atoms with Crippen LogP contribution in [0.5, 0.6) is 0 Å². The van der Waals surface area contributed by atoms with Crippen molar-refractivity contribution >= 4 is 6.03 Å². The molecule has 1 aliphatic rings. The SMILES string of the molecule is CCc1ccc(C(C)NC2CCN(C(N)=O)CC2)cc1. The molecule has 4 heteroatoms. The summed E-state index contributed by atoms with van der Waals surface area (Å²) in [7, 11) is 0. The van der Waals surface area contributed by atoms with Crippen LogP contribution in [0.3, 0.4) is 0 Å². The molecule has 2 rings (SSSR count). The third-order valence-corrected chi connectivity index (χ3v) is 4.18. The zero-order valence-corrected chi connectivity index (χ0v) is 12.4. The molecule has 0 aliphatic carbocycles. The lowest BCUT2D eigenvalue weighted by molar-refractivity contribution is 0.183. The molecule has 0 spiro atoms. The number of nitrogens with one attached hydrogen (secondary N) is 1. The van der Waals surface area contributed by atoms with Crippen LogP contribution in [0.25, 0.3) is 0 Å². The Kier molecular flexibility index (Phi) is 5.01. The summed E-state index contributed by atoms with van der Waals surface area (Å²) >= 11 is 0. The molecule has 1 unspecified atom stereocenters. The third kappa shape index (κ3) is 3.73. The zero-order chi connectivity index (χ0) is 14.5. The molecule has 1 aromatic rings. The van der Waals surface area contributed by atoms with Gasteiger partial charge in [-0.3, -0.25) is 0 Å². The number of aryl methyl sites for hydroxylation is 1. The van der Waals surface area contributed by atoms with Gasteiger partial charge in [-0.2, -0.15) is 0 Å². The molecule has 1 fully saturated rings. The number of nitrogens with zero attached hydrogens (tertiary/aromatic N) is 1. The Morgan fingerprint density at radius 2 is 1.95 bits per heavy atom. The number of hydrogen-bond donors (Lipinski definition) is 2. The van der Waals surface area contributed by atoms with Crippen molar-refractivity contribution in [3.8, 4) is 0 Å². The molecular formula is C16H25N3O. The molecule has 1 heterocycles. The van der Waals surface area contributed by atoms with Gasteiger partial charge in [0, 0.05) is 25.2 Å². The monoisotopic (exact) mass is 275 g/mol. The minimum atomic E-state index is -0.299. The molecule has 3 N–H and O–H groups in total. The van der Waals surface area contributed by atoms with E-state index in [2.05, 4.69) is 43.4 Å². The molecule has 0 saturated carbocycles. The maximum Gasteiger partial charge on any atom is 0.314 e. The molecule has 0 radical (unpaired) electrons. The predicted octanol–water partition coefficient (Wildman–Crippen LogP) is 2.44. The van der Waals surface area contributed by atoms with E-state index in [1.165, 1.54) is 11.1 Å². The van der Waals surface area contributed by atoms with Crippen LogP contribution in [-0.2, 0) is 6.42 Å². The Bertz CT molecular complexity index is 436. The molecule has 4 nitrogen and oxygen atoms in total. The highest BCUT2D eigenvalue weighted by Gasteiger charge is 2.22. The van der Waals surface area contributed by atoms with Gasteiger partial charge in [-0.1, -0.05) is 31.2 Å². The fourth-order valence-corrected chi connectivity index (χ4v) is 2.76. The number of carbonyl (C=O) groups is 1. The fraction of sp³-hybridized carbons (Fsp3) is 0.562. The molecule has 110 valence electrons. The van der Waals surface area contributed by atoms with Gasteiger partial charge in [0.15, 0.2) is 0 Å². The Morgan fingerprint density at radius 3 is 2.45 bits per heavy atom. The van der Waals surface area contributed by atoms with Crippen LogP contribution < -0.4 is 11.1 Å². The van der Waals surface area contributed by atoms with E-state index in [9.17, 15) is 4.79 Å². The number of benzene rings is 1. The number of amides is 2. The van der Waals surface area contributed by atoms with Gasteiger partial charge in [0.2, 0.25) is 0 Å². The summed E-state index contributed by atoms with van der Waals surface area (Å²) in [6, 6.07) is 9.31. The summed E-state index contributed by atoms with van der Waals surface area (Å²) in [6.07, 6.45) is 3.02. The molecule has 1 aliphatic heterocycles. The van der Waals surface area contributed by atoms with Crippen molar-refractivity contribution in [3.05, 3.63) is 35.4 Å². The number of nitrogens with two attached hydrogens (primary N) is 1. The number of piperidine rings is 1. The average molecular weight is 275 g/mol. The Morgan fingerprint density at radius 1 is 1.35 bits per heavy atom. The standard InChI is InChI=1S/C16H25N3O/c1-3-13-4-6-14(7-5-13)12(2)18-15-8-10-19(11-9-15)16(17)20/h4-7,12,15,18H,3,8-11H2,1-2H3,(H2,17,20). The van der Waals surface area contributed by atoms with E-state index < -0.39 is 0 Å². The molecule has 1 aromatic carbocycles. The van der Waals surface area contributed by atoms with E-state index in [4.69, 9.17) is 5.73 Å². The number of likely N-dealkylation sites (tertiary alicyclic amines) is 1. The molecule has 2 amide bonds. The summed E-state index contributed by atoms with van der Waals surface area (Å²) in [5, 5.41) is 3.65. The quantitative estimate of drug-likeness (QED) is 0.886. The van der Waals surface area contributed by atoms with Gasteiger partial charge in [-0.05, 0) is 37.3 Å². The smallest absolute Gasteiger partial charge is 0.314 e. The first-order valence-electron chi connectivity index (χ1n) is 7.49. The maximum absolute atomic E-state index is 11.1. The van der Waals surface area contributed by atoms with E-state index in [1.54, 1.807) is 4.90 Å². The lowest BCUT2D eigenvalue weighted by Crippen LogP contribution is -2.47. The minimum Gasteiger partial charge on any atom is -0.351 e. The second-order valence-electron chi connectivity index (χ2n) is 5.58. The Balaban J connectivity index is 1.85. The Labute approximate surface area is 121 Å². The van der Waals surface area contributed by atoms with Gasteiger partial charge < -0.3 is 16.0 Å².